The largest absolute Gasteiger partial charge is 0.481 e. The molecule has 0 fully saturated rings. The van der Waals surface area contributed by atoms with Gasteiger partial charge in [-0.2, -0.15) is 0 Å². The minimum atomic E-state index is -0.818. The Morgan fingerprint density at radius 3 is 2.50 bits per heavy atom. The summed E-state index contributed by atoms with van der Waals surface area (Å²) < 4.78 is 5.39. The second-order valence-corrected chi connectivity index (χ2v) is 4.53. The van der Waals surface area contributed by atoms with E-state index in [0.717, 1.165) is 32.5 Å². The van der Waals surface area contributed by atoms with E-state index in [0.29, 0.717) is 5.92 Å². The molecule has 0 aromatic heterocycles. The average molecular weight is 231 g/mol. The molecule has 96 valence electrons. The first-order valence-corrected chi connectivity index (χ1v) is 6.05. The van der Waals surface area contributed by atoms with Crippen LogP contribution in [0.15, 0.2) is 0 Å². The normalized spacial score (nSPS) is 16.8. The molecule has 0 aliphatic rings. The quantitative estimate of drug-likeness (QED) is 0.594. The van der Waals surface area contributed by atoms with Crippen molar-refractivity contribution in [2.45, 2.75) is 46.1 Å². The van der Waals surface area contributed by atoms with Crippen molar-refractivity contribution >= 4 is 5.97 Å². The van der Waals surface area contributed by atoms with Gasteiger partial charge in [0.05, 0.1) is 5.92 Å². The van der Waals surface area contributed by atoms with Crippen molar-refractivity contribution in [2.24, 2.45) is 17.6 Å². The van der Waals surface area contributed by atoms with Gasteiger partial charge in [-0.25, -0.2) is 0 Å². The SMILES string of the molecule is CCCOCC[C@@H](C)C[C@H](N)C(C)C(=O)O. The minimum absolute atomic E-state index is 0.265. The highest BCUT2D eigenvalue weighted by atomic mass is 16.5. The molecule has 3 N–H and O–H groups in total. The van der Waals surface area contributed by atoms with Crippen molar-refractivity contribution in [3.8, 4) is 0 Å². The number of hydrogen-bond donors (Lipinski definition) is 2. The molecule has 3 atom stereocenters. The summed E-state index contributed by atoms with van der Waals surface area (Å²) in [5, 5.41) is 8.81. The van der Waals surface area contributed by atoms with Gasteiger partial charge in [0.15, 0.2) is 0 Å². The lowest BCUT2D eigenvalue weighted by Gasteiger charge is -2.20. The molecule has 0 rings (SSSR count). The molecular formula is C12H25NO3. The van der Waals surface area contributed by atoms with Crippen molar-refractivity contribution in [3.05, 3.63) is 0 Å². The summed E-state index contributed by atoms with van der Waals surface area (Å²) in [4.78, 5) is 10.7. The summed E-state index contributed by atoms with van der Waals surface area (Å²) >= 11 is 0. The van der Waals surface area contributed by atoms with Crippen molar-refractivity contribution in [1.29, 1.82) is 0 Å². The summed E-state index contributed by atoms with van der Waals surface area (Å²) in [6.07, 6.45) is 2.72. The predicted octanol–water partition coefficient (Wildman–Crippen LogP) is 1.88. The van der Waals surface area contributed by atoms with Crippen LogP contribution < -0.4 is 5.73 Å². The molecule has 4 nitrogen and oxygen atoms in total. The predicted molar refractivity (Wildman–Crippen MR) is 64.3 cm³/mol. The van der Waals surface area contributed by atoms with Gasteiger partial charge in [0.2, 0.25) is 0 Å². The highest BCUT2D eigenvalue weighted by Crippen LogP contribution is 2.14. The van der Waals surface area contributed by atoms with Gasteiger partial charge in [0.25, 0.3) is 0 Å². The van der Waals surface area contributed by atoms with Crippen molar-refractivity contribution < 1.29 is 14.6 Å². The van der Waals surface area contributed by atoms with E-state index in [4.69, 9.17) is 15.6 Å². The molecule has 0 saturated heterocycles. The molecular weight excluding hydrogens is 206 g/mol. The molecule has 0 aliphatic carbocycles. The van der Waals surface area contributed by atoms with Crippen LogP contribution in [0, 0.1) is 11.8 Å². The Hall–Kier alpha value is -0.610. The Morgan fingerprint density at radius 2 is 2.00 bits per heavy atom. The zero-order valence-electron chi connectivity index (χ0n) is 10.6. The molecule has 1 unspecified atom stereocenters. The van der Waals surface area contributed by atoms with Crippen LogP contribution in [0.5, 0.6) is 0 Å². The number of nitrogens with two attached hydrogens (primary N) is 1. The first kappa shape index (κ1) is 15.4. The summed E-state index contributed by atoms with van der Waals surface area (Å²) in [5.74, 6) is -0.880. The van der Waals surface area contributed by atoms with Gasteiger partial charge in [-0.15, -0.1) is 0 Å². The average Bonchev–Trinajstić information content (AvgIpc) is 2.23. The van der Waals surface area contributed by atoms with Crippen molar-refractivity contribution in [3.63, 3.8) is 0 Å². The maximum absolute atomic E-state index is 10.7. The van der Waals surface area contributed by atoms with Crippen LogP contribution in [0.1, 0.15) is 40.0 Å². The number of rotatable bonds is 9. The van der Waals surface area contributed by atoms with Crippen LogP contribution in [-0.2, 0) is 9.53 Å². The summed E-state index contributed by atoms with van der Waals surface area (Å²) in [7, 11) is 0. The maximum atomic E-state index is 10.7. The van der Waals surface area contributed by atoms with Crippen LogP contribution in [0.3, 0.4) is 0 Å². The van der Waals surface area contributed by atoms with Gasteiger partial charge in [0, 0.05) is 19.3 Å². The minimum Gasteiger partial charge on any atom is -0.481 e. The molecule has 0 radical (unpaired) electrons. The molecule has 0 amide bonds. The Bertz CT molecular complexity index is 197. The number of carbonyl (C=O) groups is 1. The van der Waals surface area contributed by atoms with Gasteiger partial charge in [0.1, 0.15) is 0 Å². The monoisotopic (exact) mass is 231 g/mol. The Kier molecular flexibility index (Phi) is 8.21. The molecule has 0 saturated carbocycles. The second-order valence-electron chi connectivity index (χ2n) is 4.53. The molecule has 0 aliphatic heterocycles. The summed E-state index contributed by atoms with van der Waals surface area (Å²) in [6, 6.07) is -0.265. The first-order valence-electron chi connectivity index (χ1n) is 6.05. The number of ether oxygens (including phenoxy) is 1. The first-order chi connectivity index (χ1) is 7.49. The van der Waals surface area contributed by atoms with E-state index in [1.807, 2.05) is 0 Å². The summed E-state index contributed by atoms with van der Waals surface area (Å²) in [5.41, 5.74) is 5.83. The smallest absolute Gasteiger partial charge is 0.307 e. The lowest BCUT2D eigenvalue weighted by Crippen LogP contribution is -2.35. The Balaban J connectivity index is 3.69. The fraction of sp³-hybridized carbons (Fsp3) is 0.917. The van der Waals surface area contributed by atoms with Gasteiger partial charge >= 0.3 is 5.97 Å². The highest BCUT2D eigenvalue weighted by Gasteiger charge is 2.21. The third-order valence-corrected chi connectivity index (χ3v) is 2.81. The molecule has 0 aromatic carbocycles. The van der Waals surface area contributed by atoms with E-state index in [1.165, 1.54) is 0 Å². The Labute approximate surface area is 98.2 Å². The molecule has 0 aromatic rings. The molecule has 0 bridgehead atoms. The molecule has 16 heavy (non-hydrogen) atoms. The van der Waals surface area contributed by atoms with Crippen LogP contribution in [0.25, 0.3) is 0 Å². The lowest BCUT2D eigenvalue weighted by atomic mass is 9.92. The van der Waals surface area contributed by atoms with Gasteiger partial charge in [-0.1, -0.05) is 20.8 Å². The number of carboxylic acids is 1. The summed E-state index contributed by atoms with van der Waals surface area (Å²) in [6.45, 7) is 7.36. The lowest BCUT2D eigenvalue weighted by molar-refractivity contribution is -0.141. The van der Waals surface area contributed by atoms with E-state index >= 15 is 0 Å². The fourth-order valence-corrected chi connectivity index (χ4v) is 1.50. The van der Waals surface area contributed by atoms with Crippen LogP contribution in [0.2, 0.25) is 0 Å². The van der Waals surface area contributed by atoms with Gasteiger partial charge in [-0.3, -0.25) is 4.79 Å². The van der Waals surface area contributed by atoms with Gasteiger partial charge in [-0.05, 0) is 25.2 Å². The molecule has 0 spiro atoms. The third-order valence-electron chi connectivity index (χ3n) is 2.81. The fourth-order valence-electron chi connectivity index (χ4n) is 1.50. The van der Waals surface area contributed by atoms with Crippen LogP contribution in [-0.4, -0.2) is 30.3 Å². The second kappa shape index (κ2) is 8.53. The van der Waals surface area contributed by atoms with Crippen molar-refractivity contribution in [1.82, 2.24) is 0 Å². The molecule has 4 heteroatoms. The number of carboxylic acid groups (broad SMARTS) is 1. The zero-order chi connectivity index (χ0) is 12.6. The van der Waals surface area contributed by atoms with Crippen molar-refractivity contribution in [2.75, 3.05) is 13.2 Å². The third kappa shape index (κ3) is 6.80. The van der Waals surface area contributed by atoms with E-state index in [2.05, 4.69) is 13.8 Å². The van der Waals surface area contributed by atoms with E-state index < -0.39 is 11.9 Å². The van der Waals surface area contributed by atoms with E-state index in [9.17, 15) is 4.79 Å². The number of aliphatic carboxylic acids is 1. The highest BCUT2D eigenvalue weighted by molar-refractivity contribution is 5.70. The topological polar surface area (TPSA) is 72.5 Å². The molecule has 0 heterocycles. The van der Waals surface area contributed by atoms with E-state index in [-0.39, 0.29) is 6.04 Å². The van der Waals surface area contributed by atoms with Gasteiger partial charge < -0.3 is 15.6 Å². The maximum Gasteiger partial charge on any atom is 0.307 e. The standard InChI is InChI=1S/C12H25NO3/c1-4-6-16-7-5-9(2)8-11(13)10(3)12(14)15/h9-11H,4-8,13H2,1-3H3,(H,14,15)/t9-,10?,11+/m1/s1. The van der Waals surface area contributed by atoms with Crippen LogP contribution in [0.4, 0.5) is 0 Å². The number of hydrogen-bond acceptors (Lipinski definition) is 3. The zero-order valence-corrected chi connectivity index (χ0v) is 10.6. The van der Waals surface area contributed by atoms with Crippen LogP contribution >= 0.6 is 0 Å². The Morgan fingerprint density at radius 1 is 1.38 bits per heavy atom. The van der Waals surface area contributed by atoms with E-state index in [1.54, 1.807) is 6.92 Å².